The van der Waals surface area contributed by atoms with Gasteiger partial charge < -0.3 is 9.47 Å². The zero-order valence-corrected chi connectivity index (χ0v) is 17.1. The number of benzene rings is 1. The fraction of sp³-hybridized carbons (Fsp3) is 0.524. The minimum absolute atomic E-state index is 0.259. The molecule has 4 nitrogen and oxygen atoms in total. The van der Waals surface area contributed by atoms with E-state index in [0.29, 0.717) is 37.9 Å². The van der Waals surface area contributed by atoms with Crippen LogP contribution in [-0.4, -0.2) is 24.1 Å². The molecule has 0 aliphatic heterocycles. The van der Waals surface area contributed by atoms with Gasteiger partial charge in [0.25, 0.3) is 0 Å². The van der Waals surface area contributed by atoms with Gasteiger partial charge in [-0.05, 0) is 56.9 Å². The Balaban J connectivity index is 2.41. The standard InChI is InChI=1S/C21H27BrO4/c1-4-12-20(19(24)25-6-3)14-7-15-21(20,13-5-2)26-18(23)16-8-10-17(22)11-9-16/h5,8-11H,2,4,6-7,12-15H2,1,3H3/t20-,21+/m0/s1. The molecule has 1 aromatic rings. The monoisotopic (exact) mass is 422 g/mol. The van der Waals surface area contributed by atoms with Crippen molar-refractivity contribution in [1.29, 1.82) is 0 Å². The SMILES string of the molecule is C=CC[C@@]1(OC(=O)c2ccc(Br)cc2)CCC[C@@]1(CCC)C(=O)OCC. The molecular formula is C21H27BrO4. The number of rotatable bonds is 8. The molecule has 0 unspecified atom stereocenters. The van der Waals surface area contributed by atoms with Gasteiger partial charge in [-0.2, -0.15) is 0 Å². The second-order valence-corrected chi connectivity index (χ2v) is 7.71. The van der Waals surface area contributed by atoms with E-state index >= 15 is 0 Å². The minimum Gasteiger partial charge on any atom is -0.465 e. The van der Waals surface area contributed by atoms with Crippen LogP contribution in [0.4, 0.5) is 0 Å². The van der Waals surface area contributed by atoms with Crippen LogP contribution in [0.15, 0.2) is 41.4 Å². The number of carbonyl (C=O) groups excluding carboxylic acids is 2. The van der Waals surface area contributed by atoms with E-state index in [4.69, 9.17) is 9.47 Å². The molecule has 1 saturated carbocycles. The van der Waals surface area contributed by atoms with Crippen molar-refractivity contribution in [1.82, 2.24) is 0 Å². The largest absolute Gasteiger partial charge is 0.465 e. The number of carbonyl (C=O) groups is 2. The lowest BCUT2D eigenvalue weighted by Crippen LogP contribution is -2.52. The quantitative estimate of drug-likeness (QED) is 0.412. The molecule has 0 aromatic heterocycles. The van der Waals surface area contributed by atoms with Gasteiger partial charge in [0, 0.05) is 10.9 Å². The van der Waals surface area contributed by atoms with Gasteiger partial charge in [0.1, 0.15) is 11.0 Å². The predicted molar refractivity (Wildman–Crippen MR) is 105 cm³/mol. The second-order valence-electron chi connectivity index (χ2n) is 6.79. The maximum Gasteiger partial charge on any atom is 0.338 e. The Morgan fingerprint density at radius 3 is 2.50 bits per heavy atom. The number of esters is 2. The maximum atomic E-state index is 13.0. The molecular weight excluding hydrogens is 396 g/mol. The van der Waals surface area contributed by atoms with E-state index in [-0.39, 0.29) is 5.97 Å². The van der Waals surface area contributed by atoms with Gasteiger partial charge in [-0.3, -0.25) is 4.79 Å². The van der Waals surface area contributed by atoms with Crippen LogP contribution in [0.2, 0.25) is 0 Å². The molecule has 0 amide bonds. The molecule has 5 heteroatoms. The van der Waals surface area contributed by atoms with Crippen molar-refractivity contribution in [3.8, 4) is 0 Å². The van der Waals surface area contributed by atoms with Crippen molar-refractivity contribution in [2.45, 2.75) is 58.0 Å². The average Bonchev–Trinajstić information content (AvgIpc) is 2.95. The predicted octanol–water partition coefficient (Wildman–Crippen LogP) is 5.45. The summed E-state index contributed by atoms with van der Waals surface area (Å²) in [4.78, 5) is 25.8. The molecule has 142 valence electrons. The molecule has 1 aliphatic carbocycles. The molecule has 1 aromatic carbocycles. The molecule has 1 fully saturated rings. The van der Waals surface area contributed by atoms with Gasteiger partial charge in [0.15, 0.2) is 0 Å². The molecule has 0 radical (unpaired) electrons. The highest BCUT2D eigenvalue weighted by molar-refractivity contribution is 9.10. The third-order valence-corrected chi connectivity index (χ3v) is 5.77. The van der Waals surface area contributed by atoms with Crippen LogP contribution in [0, 0.1) is 5.41 Å². The van der Waals surface area contributed by atoms with E-state index < -0.39 is 17.0 Å². The van der Waals surface area contributed by atoms with Gasteiger partial charge >= 0.3 is 11.9 Å². The van der Waals surface area contributed by atoms with E-state index in [1.54, 1.807) is 37.3 Å². The maximum absolute atomic E-state index is 13.0. The molecule has 26 heavy (non-hydrogen) atoms. The third-order valence-electron chi connectivity index (χ3n) is 5.24. The average molecular weight is 423 g/mol. The Bertz CT molecular complexity index is 654. The highest BCUT2D eigenvalue weighted by atomic mass is 79.9. The number of hydrogen-bond acceptors (Lipinski definition) is 4. The van der Waals surface area contributed by atoms with Crippen LogP contribution in [0.1, 0.15) is 62.7 Å². The van der Waals surface area contributed by atoms with Crippen LogP contribution in [-0.2, 0) is 14.3 Å². The first kappa shape index (κ1) is 20.7. The summed E-state index contributed by atoms with van der Waals surface area (Å²) in [7, 11) is 0. The van der Waals surface area contributed by atoms with Crippen LogP contribution < -0.4 is 0 Å². The van der Waals surface area contributed by atoms with Gasteiger partial charge in [0.2, 0.25) is 0 Å². The smallest absolute Gasteiger partial charge is 0.338 e. The highest BCUT2D eigenvalue weighted by Gasteiger charge is 2.61. The lowest BCUT2D eigenvalue weighted by molar-refractivity contribution is -0.172. The zero-order valence-electron chi connectivity index (χ0n) is 15.6. The van der Waals surface area contributed by atoms with Crippen molar-refractivity contribution in [3.63, 3.8) is 0 Å². The van der Waals surface area contributed by atoms with Crippen LogP contribution in [0.25, 0.3) is 0 Å². The normalized spacial score (nSPS) is 24.9. The van der Waals surface area contributed by atoms with E-state index in [1.807, 2.05) is 6.92 Å². The lowest BCUT2D eigenvalue weighted by Gasteiger charge is -2.43. The Kier molecular flexibility index (Phi) is 7.04. The fourth-order valence-electron chi connectivity index (χ4n) is 4.13. The number of halogens is 1. The van der Waals surface area contributed by atoms with E-state index in [2.05, 4.69) is 22.5 Å². The van der Waals surface area contributed by atoms with Crippen molar-refractivity contribution in [2.75, 3.05) is 6.61 Å². The summed E-state index contributed by atoms with van der Waals surface area (Å²) >= 11 is 3.37. The first-order valence-electron chi connectivity index (χ1n) is 9.21. The topological polar surface area (TPSA) is 52.6 Å². The number of ether oxygens (including phenoxy) is 2. The Hall–Kier alpha value is -1.62. The van der Waals surface area contributed by atoms with E-state index in [9.17, 15) is 9.59 Å². The molecule has 0 bridgehead atoms. The van der Waals surface area contributed by atoms with Gasteiger partial charge in [-0.15, -0.1) is 6.58 Å². The molecule has 2 rings (SSSR count). The van der Waals surface area contributed by atoms with Crippen molar-refractivity contribution >= 4 is 27.9 Å². The van der Waals surface area contributed by atoms with E-state index in [0.717, 1.165) is 17.3 Å². The summed E-state index contributed by atoms with van der Waals surface area (Å²) < 4.78 is 12.4. The minimum atomic E-state index is -0.902. The molecule has 1 aliphatic rings. The summed E-state index contributed by atoms with van der Waals surface area (Å²) in [6.07, 6.45) is 5.75. The van der Waals surface area contributed by atoms with Gasteiger partial charge in [-0.1, -0.05) is 35.4 Å². The van der Waals surface area contributed by atoms with E-state index in [1.165, 1.54) is 0 Å². The fourth-order valence-corrected chi connectivity index (χ4v) is 4.39. The summed E-state index contributed by atoms with van der Waals surface area (Å²) in [6, 6.07) is 7.04. The van der Waals surface area contributed by atoms with Crippen LogP contribution in [0.3, 0.4) is 0 Å². The van der Waals surface area contributed by atoms with Gasteiger partial charge in [0.05, 0.1) is 12.2 Å². The first-order chi connectivity index (χ1) is 12.4. The summed E-state index contributed by atoms with van der Waals surface area (Å²) in [5, 5.41) is 0. The highest BCUT2D eigenvalue weighted by Crippen LogP contribution is 2.55. The summed E-state index contributed by atoms with van der Waals surface area (Å²) in [5.74, 6) is -0.671. The lowest BCUT2D eigenvalue weighted by atomic mass is 9.69. The Morgan fingerprint density at radius 2 is 1.92 bits per heavy atom. The first-order valence-corrected chi connectivity index (χ1v) is 10.0. The molecule has 2 atom stereocenters. The molecule has 0 N–H and O–H groups in total. The van der Waals surface area contributed by atoms with Crippen molar-refractivity contribution < 1.29 is 19.1 Å². The second kappa shape index (κ2) is 8.85. The van der Waals surface area contributed by atoms with Crippen molar-refractivity contribution in [3.05, 3.63) is 47.0 Å². The number of hydrogen-bond donors (Lipinski definition) is 0. The molecule has 0 saturated heterocycles. The van der Waals surface area contributed by atoms with Gasteiger partial charge in [-0.25, -0.2) is 4.79 Å². The Morgan fingerprint density at radius 1 is 1.23 bits per heavy atom. The van der Waals surface area contributed by atoms with Crippen LogP contribution >= 0.6 is 15.9 Å². The molecule has 0 heterocycles. The summed E-state index contributed by atoms with van der Waals surface area (Å²) in [5.41, 5.74) is -1.24. The summed E-state index contributed by atoms with van der Waals surface area (Å²) in [6.45, 7) is 7.99. The zero-order chi connectivity index (χ0) is 19.2. The van der Waals surface area contributed by atoms with Crippen LogP contribution in [0.5, 0.6) is 0 Å². The van der Waals surface area contributed by atoms with Crippen molar-refractivity contribution in [2.24, 2.45) is 5.41 Å². The molecule has 0 spiro atoms. The third kappa shape index (κ3) is 3.88. The Labute approximate surface area is 164 Å².